The maximum absolute atomic E-state index is 11.5. The maximum atomic E-state index is 11.5. The van der Waals surface area contributed by atoms with Crippen molar-refractivity contribution in [3.8, 4) is 0 Å². The summed E-state index contributed by atoms with van der Waals surface area (Å²) < 4.78 is 5.76. The second-order valence-electron chi connectivity index (χ2n) is 4.42. The van der Waals surface area contributed by atoms with Gasteiger partial charge in [0, 0.05) is 12.6 Å². The number of carbonyl (C=O) groups excluding carboxylic acids is 1. The van der Waals surface area contributed by atoms with Crippen LogP contribution in [0.15, 0.2) is 12.7 Å². The lowest BCUT2D eigenvalue weighted by atomic mass is 10.0. The van der Waals surface area contributed by atoms with E-state index in [2.05, 4.69) is 13.5 Å². The summed E-state index contributed by atoms with van der Waals surface area (Å²) in [6.45, 7) is 10.5. The van der Waals surface area contributed by atoms with E-state index in [0.29, 0.717) is 6.10 Å². The minimum absolute atomic E-state index is 0.0329. The highest BCUT2D eigenvalue weighted by molar-refractivity contribution is 5.87. The molecule has 1 saturated heterocycles. The monoisotopic (exact) mass is 211 g/mol. The number of hydrogen-bond donors (Lipinski definition) is 0. The lowest BCUT2D eigenvalue weighted by Gasteiger charge is -2.37. The van der Waals surface area contributed by atoms with Crippen LogP contribution in [0.1, 0.15) is 33.6 Å². The van der Waals surface area contributed by atoms with E-state index in [0.717, 1.165) is 19.4 Å². The molecule has 1 rings (SSSR count). The SMILES string of the molecule is C=CC(=O)N1CCC(OC(C)C)CC1C. The fraction of sp³-hybridized carbons (Fsp3) is 0.750. The number of hydrogen-bond acceptors (Lipinski definition) is 2. The van der Waals surface area contributed by atoms with Gasteiger partial charge in [0.25, 0.3) is 0 Å². The van der Waals surface area contributed by atoms with Crippen LogP contribution in [0.5, 0.6) is 0 Å². The zero-order valence-corrected chi connectivity index (χ0v) is 9.90. The molecule has 0 saturated carbocycles. The molecule has 0 bridgehead atoms. The Labute approximate surface area is 92.1 Å². The highest BCUT2D eigenvalue weighted by Crippen LogP contribution is 2.21. The van der Waals surface area contributed by atoms with E-state index in [1.807, 2.05) is 18.7 Å². The first-order chi connectivity index (χ1) is 7.04. The average Bonchev–Trinajstić information content (AvgIpc) is 2.16. The van der Waals surface area contributed by atoms with Gasteiger partial charge in [0.1, 0.15) is 0 Å². The normalized spacial score (nSPS) is 26.8. The third kappa shape index (κ3) is 3.34. The van der Waals surface area contributed by atoms with Crippen molar-refractivity contribution in [3.63, 3.8) is 0 Å². The van der Waals surface area contributed by atoms with Crippen molar-refractivity contribution in [2.75, 3.05) is 6.54 Å². The van der Waals surface area contributed by atoms with Gasteiger partial charge < -0.3 is 9.64 Å². The van der Waals surface area contributed by atoms with Crippen LogP contribution in [0.3, 0.4) is 0 Å². The number of piperidine rings is 1. The Kier molecular flexibility index (Phi) is 4.33. The molecule has 2 atom stereocenters. The Hall–Kier alpha value is -0.830. The van der Waals surface area contributed by atoms with E-state index in [4.69, 9.17) is 4.74 Å². The minimum Gasteiger partial charge on any atom is -0.375 e. The van der Waals surface area contributed by atoms with Crippen LogP contribution in [0.25, 0.3) is 0 Å². The van der Waals surface area contributed by atoms with Crippen LogP contribution >= 0.6 is 0 Å². The van der Waals surface area contributed by atoms with Gasteiger partial charge in [0.2, 0.25) is 5.91 Å². The van der Waals surface area contributed by atoms with Crippen LogP contribution in [0, 0.1) is 0 Å². The molecule has 0 N–H and O–H groups in total. The standard InChI is InChI=1S/C12H21NO2/c1-5-12(14)13-7-6-11(8-10(13)4)15-9(2)3/h5,9-11H,1,6-8H2,2-4H3. The average molecular weight is 211 g/mol. The number of amides is 1. The second-order valence-corrected chi connectivity index (χ2v) is 4.42. The van der Waals surface area contributed by atoms with E-state index >= 15 is 0 Å². The molecule has 0 aromatic heterocycles. The zero-order valence-electron chi connectivity index (χ0n) is 9.90. The summed E-state index contributed by atoms with van der Waals surface area (Å²) in [6.07, 6.45) is 3.82. The molecule has 1 aliphatic heterocycles. The molecule has 3 heteroatoms. The van der Waals surface area contributed by atoms with E-state index in [1.54, 1.807) is 0 Å². The van der Waals surface area contributed by atoms with Crippen molar-refractivity contribution >= 4 is 5.91 Å². The minimum atomic E-state index is 0.0329. The maximum Gasteiger partial charge on any atom is 0.246 e. The largest absolute Gasteiger partial charge is 0.375 e. The van der Waals surface area contributed by atoms with Crippen LogP contribution in [0.4, 0.5) is 0 Å². The first-order valence-electron chi connectivity index (χ1n) is 5.63. The van der Waals surface area contributed by atoms with E-state index in [9.17, 15) is 4.79 Å². The van der Waals surface area contributed by atoms with Gasteiger partial charge in [-0.1, -0.05) is 6.58 Å². The van der Waals surface area contributed by atoms with E-state index < -0.39 is 0 Å². The lowest BCUT2D eigenvalue weighted by Crippen LogP contribution is -2.46. The lowest BCUT2D eigenvalue weighted by molar-refractivity contribution is -0.132. The summed E-state index contributed by atoms with van der Waals surface area (Å²) in [4.78, 5) is 13.3. The Morgan fingerprint density at radius 1 is 1.60 bits per heavy atom. The number of likely N-dealkylation sites (tertiary alicyclic amines) is 1. The summed E-state index contributed by atoms with van der Waals surface area (Å²) in [5.74, 6) is 0.0329. The van der Waals surface area contributed by atoms with Gasteiger partial charge in [-0.25, -0.2) is 0 Å². The predicted molar refractivity (Wildman–Crippen MR) is 60.6 cm³/mol. The summed E-state index contributed by atoms with van der Waals surface area (Å²) >= 11 is 0. The van der Waals surface area contributed by atoms with Crippen molar-refractivity contribution in [1.82, 2.24) is 4.90 Å². The van der Waals surface area contributed by atoms with E-state index in [-0.39, 0.29) is 18.1 Å². The first kappa shape index (κ1) is 12.2. The Morgan fingerprint density at radius 2 is 2.27 bits per heavy atom. The van der Waals surface area contributed by atoms with Crippen LogP contribution in [0.2, 0.25) is 0 Å². The summed E-state index contributed by atoms with van der Waals surface area (Å²) in [5, 5.41) is 0. The van der Waals surface area contributed by atoms with Gasteiger partial charge in [0.15, 0.2) is 0 Å². The topological polar surface area (TPSA) is 29.5 Å². The molecule has 15 heavy (non-hydrogen) atoms. The number of nitrogens with zero attached hydrogens (tertiary/aromatic N) is 1. The van der Waals surface area contributed by atoms with Gasteiger partial charge in [-0.3, -0.25) is 4.79 Å². The Bertz CT molecular complexity index is 238. The molecule has 0 aromatic rings. The molecule has 1 amide bonds. The third-order valence-electron chi connectivity index (χ3n) is 2.75. The summed E-state index contributed by atoms with van der Waals surface area (Å²) in [5.41, 5.74) is 0. The van der Waals surface area contributed by atoms with Crippen molar-refractivity contribution in [1.29, 1.82) is 0 Å². The van der Waals surface area contributed by atoms with Crippen LogP contribution in [-0.4, -0.2) is 35.6 Å². The summed E-state index contributed by atoms with van der Waals surface area (Å²) in [7, 11) is 0. The molecule has 86 valence electrons. The fourth-order valence-electron chi connectivity index (χ4n) is 2.08. The Balaban J connectivity index is 2.47. The number of rotatable bonds is 3. The first-order valence-corrected chi connectivity index (χ1v) is 5.63. The molecule has 1 fully saturated rings. The smallest absolute Gasteiger partial charge is 0.246 e. The van der Waals surface area contributed by atoms with Gasteiger partial charge in [-0.2, -0.15) is 0 Å². The zero-order chi connectivity index (χ0) is 11.4. The number of carbonyl (C=O) groups is 1. The van der Waals surface area contributed by atoms with Crippen molar-refractivity contribution in [2.24, 2.45) is 0 Å². The molecular weight excluding hydrogens is 190 g/mol. The molecule has 0 aromatic carbocycles. The van der Waals surface area contributed by atoms with Crippen LogP contribution in [-0.2, 0) is 9.53 Å². The van der Waals surface area contributed by atoms with Crippen molar-refractivity contribution in [2.45, 2.75) is 51.9 Å². The summed E-state index contributed by atoms with van der Waals surface area (Å²) in [6, 6.07) is 0.257. The highest BCUT2D eigenvalue weighted by Gasteiger charge is 2.28. The van der Waals surface area contributed by atoms with Gasteiger partial charge >= 0.3 is 0 Å². The van der Waals surface area contributed by atoms with Gasteiger partial charge in [0.05, 0.1) is 12.2 Å². The van der Waals surface area contributed by atoms with Crippen molar-refractivity contribution < 1.29 is 9.53 Å². The molecule has 1 heterocycles. The molecule has 0 aliphatic carbocycles. The third-order valence-corrected chi connectivity index (χ3v) is 2.75. The molecule has 0 spiro atoms. The molecule has 0 radical (unpaired) electrons. The van der Waals surface area contributed by atoms with E-state index in [1.165, 1.54) is 6.08 Å². The Morgan fingerprint density at radius 3 is 2.73 bits per heavy atom. The second kappa shape index (κ2) is 5.31. The van der Waals surface area contributed by atoms with Crippen molar-refractivity contribution in [3.05, 3.63) is 12.7 Å². The molecular formula is C12H21NO2. The predicted octanol–water partition coefficient (Wildman–Crippen LogP) is 1.98. The van der Waals surface area contributed by atoms with Gasteiger partial charge in [-0.15, -0.1) is 0 Å². The molecule has 1 aliphatic rings. The fourth-order valence-corrected chi connectivity index (χ4v) is 2.08. The quantitative estimate of drug-likeness (QED) is 0.668. The molecule has 2 unspecified atom stereocenters. The number of ether oxygens (including phenoxy) is 1. The highest BCUT2D eigenvalue weighted by atomic mass is 16.5. The van der Waals surface area contributed by atoms with Gasteiger partial charge in [-0.05, 0) is 39.7 Å². The molecule has 3 nitrogen and oxygen atoms in total. The van der Waals surface area contributed by atoms with Crippen LogP contribution < -0.4 is 0 Å².